The minimum atomic E-state index is -5.11. The highest BCUT2D eigenvalue weighted by Gasteiger charge is 2.46. The zero-order valence-corrected chi connectivity index (χ0v) is 12.9. The number of anilines is 1. The van der Waals surface area contributed by atoms with Crippen LogP contribution >= 0.6 is 0 Å². The first-order valence-corrected chi connectivity index (χ1v) is 8.40. The second-order valence-corrected chi connectivity index (χ2v) is 6.76. The molecule has 0 N–H and O–H groups in total. The number of carbonyl (C=O) groups excluding carboxylic acids is 1. The highest BCUT2D eigenvalue weighted by atomic mass is 32.2. The van der Waals surface area contributed by atoms with Crippen molar-refractivity contribution in [3.8, 4) is 5.75 Å². The fourth-order valence-electron chi connectivity index (χ4n) is 2.19. The van der Waals surface area contributed by atoms with Gasteiger partial charge in [-0.3, -0.25) is 9.69 Å². The van der Waals surface area contributed by atoms with E-state index < -0.39 is 33.7 Å². The van der Waals surface area contributed by atoms with Gasteiger partial charge in [0.2, 0.25) is 0 Å². The molecule has 0 radical (unpaired) electrons. The summed E-state index contributed by atoms with van der Waals surface area (Å²) in [6, 6.07) is 4.21. The van der Waals surface area contributed by atoms with E-state index in [1.165, 1.54) is 24.3 Å². The number of sulfone groups is 1. The number of rotatable bonds is 4. The molecular weight excluding hydrogens is 335 g/mol. The fraction of sp³-hybridized carbons (Fsp3) is 0.357. The van der Waals surface area contributed by atoms with Gasteiger partial charge in [0.15, 0.2) is 9.84 Å². The van der Waals surface area contributed by atoms with Crippen molar-refractivity contribution in [2.45, 2.75) is 19.1 Å². The molecule has 1 atom stereocenters. The summed E-state index contributed by atoms with van der Waals surface area (Å²) in [5.41, 5.74) is -0.0532. The van der Waals surface area contributed by atoms with Gasteiger partial charge in [-0.05, 0) is 37.3 Å². The predicted molar refractivity (Wildman–Crippen MR) is 77.9 cm³/mol. The number of halogens is 3. The molecule has 0 saturated carbocycles. The van der Waals surface area contributed by atoms with Crippen LogP contribution in [0.4, 0.5) is 18.9 Å². The third-order valence-electron chi connectivity index (χ3n) is 3.13. The fourth-order valence-corrected chi connectivity index (χ4v) is 3.45. The van der Waals surface area contributed by atoms with E-state index in [4.69, 9.17) is 4.74 Å². The number of nitrogens with zero attached hydrogens (tertiary/aromatic N) is 1. The van der Waals surface area contributed by atoms with E-state index in [9.17, 15) is 26.4 Å². The van der Waals surface area contributed by atoms with Crippen LogP contribution in [-0.2, 0) is 14.6 Å². The quantitative estimate of drug-likeness (QED) is 0.837. The van der Waals surface area contributed by atoms with E-state index in [-0.39, 0.29) is 5.69 Å². The van der Waals surface area contributed by atoms with Crippen LogP contribution in [0.5, 0.6) is 5.75 Å². The molecule has 0 spiro atoms. The summed E-state index contributed by atoms with van der Waals surface area (Å²) in [6.45, 7) is 2.13. The van der Waals surface area contributed by atoms with Crippen molar-refractivity contribution in [3.63, 3.8) is 0 Å². The predicted octanol–water partition coefficient (Wildman–Crippen LogP) is 2.29. The first-order chi connectivity index (χ1) is 10.6. The average Bonchev–Trinajstić information content (AvgIpc) is 2.80. The maximum absolute atomic E-state index is 12.8. The van der Waals surface area contributed by atoms with Crippen LogP contribution in [0.3, 0.4) is 0 Å². The number of carbonyl (C=O) groups is 1. The molecule has 2 rings (SSSR count). The highest BCUT2D eigenvalue weighted by Crippen LogP contribution is 2.29. The molecule has 1 aromatic rings. The topological polar surface area (TPSA) is 63.7 Å². The van der Waals surface area contributed by atoms with Gasteiger partial charge >= 0.3 is 12.1 Å². The smallest absolute Gasteiger partial charge is 0.471 e. The molecule has 1 aliphatic heterocycles. The Morgan fingerprint density at radius 2 is 1.91 bits per heavy atom. The Labute approximate surface area is 131 Å². The van der Waals surface area contributed by atoms with E-state index in [0.29, 0.717) is 17.3 Å². The van der Waals surface area contributed by atoms with Crippen LogP contribution in [-0.4, -0.2) is 38.9 Å². The van der Waals surface area contributed by atoms with Crippen LogP contribution in [0.25, 0.3) is 0 Å². The molecule has 1 aromatic carbocycles. The lowest BCUT2D eigenvalue weighted by molar-refractivity contribution is -0.170. The Kier molecular flexibility index (Phi) is 4.69. The molecule has 1 heterocycles. The molecule has 126 valence electrons. The molecule has 1 amide bonds. The van der Waals surface area contributed by atoms with Gasteiger partial charge in [0.1, 0.15) is 5.75 Å². The molecule has 0 aromatic heterocycles. The Balaban J connectivity index is 2.38. The summed E-state index contributed by atoms with van der Waals surface area (Å²) in [7, 11) is -3.61. The lowest BCUT2D eigenvalue weighted by Crippen LogP contribution is -2.47. The average molecular weight is 349 g/mol. The molecular formula is C14H14F3NO4S. The van der Waals surface area contributed by atoms with E-state index in [2.05, 4.69) is 0 Å². The zero-order chi connectivity index (χ0) is 17.3. The SMILES string of the molecule is CCOc1ccc(N(C(=O)C(F)(F)F)[C@@H]2C=CS(=O)(=O)C2)cc1. The molecule has 0 bridgehead atoms. The van der Waals surface area contributed by atoms with Crippen molar-refractivity contribution >= 4 is 21.4 Å². The summed E-state index contributed by atoms with van der Waals surface area (Å²) >= 11 is 0. The molecule has 23 heavy (non-hydrogen) atoms. The maximum Gasteiger partial charge on any atom is 0.471 e. The van der Waals surface area contributed by atoms with Gasteiger partial charge in [-0.15, -0.1) is 0 Å². The molecule has 5 nitrogen and oxygen atoms in total. The van der Waals surface area contributed by atoms with Crippen LogP contribution in [0, 0.1) is 0 Å². The van der Waals surface area contributed by atoms with E-state index in [0.717, 1.165) is 11.5 Å². The van der Waals surface area contributed by atoms with Gasteiger partial charge < -0.3 is 4.74 Å². The van der Waals surface area contributed by atoms with Crippen molar-refractivity contribution in [2.75, 3.05) is 17.3 Å². The van der Waals surface area contributed by atoms with Crippen molar-refractivity contribution in [3.05, 3.63) is 35.7 Å². The number of amides is 1. The van der Waals surface area contributed by atoms with Crippen LogP contribution < -0.4 is 9.64 Å². The minimum absolute atomic E-state index is 0.0532. The first kappa shape index (κ1) is 17.3. The second kappa shape index (κ2) is 6.23. The number of hydrogen-bond acceptors (Lipinski definition) is 4. The van der Waals surface area contributed by atoms with Crippen LogP contribution in [0.1, 0.15) is 6.92 Å². The largest absolute Gasteiger partial charge is 0.494 e. The van der Waals surface area contributed by atoms with Crippen LogP contribution in [0.15, 0.2) is 35.7 Å². The number of alkyl halides is 3. The highest BCUT2D eigenvalue weighted by molar-refractivity contribution is 7.94. The molecule has 0 saturated heterocycles. The third-order valence-corrected chi connectivity index (χ3v) is 4.51. The number of benzene rings is 1. The van der Waals surface area contributed by atoms with Gasteiger partial charge in [-0.1, -0.05) is 0 Å². The summed E-state index contributed by atoms with van der Waals surface area (Å²) in [6.07, 6.45) is -4.03. The van der Waals surface area contributed by atoms with E-state index >= 15 is 0 Å². The van der Waals surface area contributed by atoms with Gasteiger partial charge in [0, 0.05) is 11.1 Å². The van der Waals surface area contributed by atoms with Crippen molar-refractivity contribution in [1.29, 1.82) is 0 Å². The van der Waals surface area contributed by atoms with Gasteiger partial charge in [-0.2, -0.15) is 13.2 Å². The first-order valence-electron chi connectivity index (χ1n) is 6.68. The van der Waals surface area contributed by atoms with Crippen molar-refractivity contribution in [2.24, 2.45) is 0 Å². The third kappa shape index (κ3) is 4.04. The Bertz CT molecular complexity index is 711. The molecule has 0 aliphatic carbocycles. The monoisotopic (exact) mass is 349 g/mol. The molecule has 1 aliphatic rings. The van der Waals surface area contributed by atoms with Crippen LogP contribution in [0.2, 0.25) is 0 Å². The Hall–Kier alpha value is -2.03. The van der Waals surface area contributed by atoms with Gasteiger partial charge in [0.05, 0.1) is 18.4 Å². The zero-order valence-electron chi connectivity index (χ0n) is 12.1. The normalized spacial score (nSPS) is 19.6. The molecule has 0 unspecified atom stereocenters. The van der Waals surface area contributed by atoms with E-state index in [1.54, 1.807) is 6.92 Å². The Morgan fingerprint density at radius 1 is 1.30 bits per heavy atom. The van der Waals surface area contributed by atoms with E-state index in [1.807, 2.05) is 0 Å². The number of hydrogen-bond donors (Lipinski definition) is 0. The van der Waals surface area contributed by atoms with Crippen molar-refractivity contribution < 1.29 is 31.1 Å². The van der Waals surface area contributed by atoms with Crippen molar-refractivity contribution in [1.82, 2.24) is 0 Å². The van der Waals surface area contributed by atoms with Gasteiger partial charge in [0.25, 0.3) is 0 Å². The minimum Gasteiger partial charge on any atom is -0.494 e. The summed E-state index contributed by atoms with van der Waals surface area (Å²) < 4.78 is 66.6. The number of ether oxygens (including phenoxy) is 1. The molecule has 9 heteroatoms. The lowest BCUT2D eigenvalue weighted by atomic mass is 10.2. The molecule has 0 fully saturated rings. The van der Waals surface area contributed by atoms with Gasteiger partial charge in [-0.25, -0.2) is 8.42 Å². The maximum atomic E-state index is 12.8. The summed E-state index contributed by atoms with van der Waals surface area (Å²) in [5, 5.41) is 0.822. The lowest BCUT2D eigenvalue weighted by Gasteiger charge is -2.28. The Morgan fingerprint density at radius 3 is 2.35 bits per heavy atom. The summed E-state index contributed by atoms with van der Waals surface area (Å²) in [5.74, 6) is -2.26. The standard InChI is InChI=1S/C14H14F3NO4S/c1-2-22-12-5-3-10(4-6-12)18(13(19)14(15,16)17)11-7-8-23(20,21)9-11/h3-8,11H,2,9H2,1H3/t11-/m1/s1. The second-order valence-electron chi connectivity index (χ2n) is 4.83. The summed E-state index contributed by atoms with van der Waals surface area (Å²) in [4.78, 5) is 12.2.